The monoisotopic (exact) mass is 401 g/mol. The summed E-state index contributed by atoms with van der Waals surface area (Å²) in [6.45, 7) is 4.74. The van der Waals surface area contributed by atoms with Crippen LogP contribution in [0.3, 0.4) is 0 Å². The van der Waals surface area contributed by atoms with E-state index in [1.165, 1.54) is 12.8 Å². The molecule has 1 aromatic carbocycles. The van der Waals surface area contributed by atoms with E-state index < -0.39 is 6.10 Å². The summed E-state index contributed by atoms with van der Waals surface area (Å²) in [5, 5.41) is 13.7. The number of rotatable bonds is 6. The van der Waals surface area contributed by atoms with Crippen molar-refractivity contribution >= 4 is 5.91 Å². The first kappa shape index (κ1) is 20.6. The normalized spacial score (nSPS) is 27.4. The predicted octanol–water partition coefficient (Wildman–Crippen LogP) is 2.12. The molecular weight excluding hydrogens is 366 g/mol. The molecule has 2 aliphatic heterocycles. The van der Waals surface area contributed by atoms with Crippen LogP contribution >= 0.6 is 0 Å². The van der Waals surface area contributed by atoms with Gasteiger partial charge >= 0.3 is 0 Å². The molecule has 2 saturated heterocycles. The van der Waals surface area contributed by atoms with E-state index in [0.717, 1.165) is 64.2 Å². The van der Waals surface area contributed by atoms with Gasteiger partial charge in [0, 0.05) is 18.2 Å². The van der Waals surface area contributed by atoms with Crippen molar-refractivity contribution in [2.45, 2.75) is 56.7 Å². The molecule has 0 bridgehead atoms. The van der Waals surface area contributed by atoms with Crippen molar-refractivity contribution in [1.82, 2.24) is 15.1 Å². The molecule has 6 heteroatoms. The maximum atomic E-state index is 12.8. The first-order valence-corrected chi connectivity index (χ1v) is 11.2. The van der Waals surface area contributed by atoms with E-state index in [1.54, 1.807) is 0 Å². The first-order chi connectivity index (χ1) is 14.1. The molecule has 1 aromatic rings. The van der Waals surface area contributed by atoms with E-state index >= 15 is 0 Å². The van der Waals surface area contributed by atoms with Crippen molar-refractivity contribution in [2.24, 2.45) is 5.92 Å². The second-order valence-corrected chi connectivity index (χ2v) is 9.10. The fraction of sp³-hybridized carbons (Fsp3) is 0.696. The maximum Gasteiger partial charge on any atom is 0.251 e. The molecule has 160 valence electrons. The van der Waals surface area contributed by atoms with Crippen LogP contribution in [0, 0.1) is 5.92 Å². The summed E-state index contributed by atoms with van der Waals surface area (Å²) in [4.78, 5) is 17.7. The van der Waals surface area contributed by atoms with Crippen LogP contribution in [0.25, 0.3) is 0 Å². The molecule has 0 radical (unpaired) electrons. The molecule has 4 rings (SSSR count). The van der Waals surface area contributed by atoms with Crippen molar-refractivity contribution in [3.05, 3.63) is 29.8 Å². The van der Waals surface area contributed by atoms with Crippen molar-refractivity contribution in [1.29, 1.82) is 0 Å². The minimum Gasteiger partial charge on any atom is -0.493 e. The third kappa shape index (κ3) is 5.71. The summed E-state index contributed by atoms with van der Waals surface area (Å²) in [6, 6.07) is 7.69. The number of likely N-dealkylation sites (tertiary alicyclic amines) is 2. The molecule has 6 nitrogen and oxygen atoms in total. The van der Waals surface area contributed by atoms with Gasteiger partial charge in [-0.05, 0) is 95.4 Å². The van der Waals surface area contributed by atoms with Gasteiger partial charge in [0.05, 0.1) is 18.8 Å². The number of hydrogen-bond acceptors (Lipinski definition) is 5. The molecule has 3 fully saturated rings. The van der Waals surface area contributed by atoms with E-state index in [1.807, 2.05) is 24.3 Å². The molecule has 0 aromatic heterocycles. The van der Waals surface area contributed by atoms with E-state index in [4.69, 9.17) is 4.74 Å². The fourth-order valence-corrected chi connectivity index (χ4v) is 4.46. The number of piperidine rings is 1. The van der Waals surface area contributed by atoms with Gasteiger partial charge in [0.2, 0.25) is 0 Å². The highest BCUT2D eigenvalue weighted by atomic mass is 16.5. The number of carbonyl (C=O) groups is 1. The Kier molecular flexibility index (Phi) is 6.73. The van der Waals surface area contributed by atoms with Crippen molar-refractivity contribution in [2.75, 3.05) is 39.8 Å². The molecule has 29 heavy (non-hydrogen) atoms. The largest absolute Gasteiger partial charge is 0.493 e. The molecule has 2 N–H and O–H groups in total. The fourth-order valence-electron chi connectivity index (χ4n) is 4.46. The van der Waals surface area contributed by atoms with E-state index in [0.29, 0.717) is 17.5 Å². The molecule has 3 aliphatic rings. The Morgan fingerprint density at radius 3 is 2.52 bits per heavy atom. The zero-order chi connectivity index (χ0) is 20.2. The van der Waals surface area contributed by atoms with Crippen LogP contribution in [0.5, 0.6) is 5.75 Å². The molecule has 2 atom stereocenters. The quantitative estimate of drug-likeness (QED) is 0.765. The summed E-state index contributed by atoms with van der Waals surface area (Å²) in [5.41, 5.74) is 0.617. The topological polar surface area (TPSA) is 65.0 Å². The van der Waals surface area contributed by atoms with Gasteiger partial charge in [0.1, 0.15) is 5.75 Å². The standard InChI is InChI=1S/C23H35N3O3/c1-25-13-10-19(11-14-25)26-12-2-3-22(27)21(15-26)24-23(28)18-6-8-20(9-7-18)29-16-17-4-5-17/h6-9,17,19,21-22,27H,2-5,10-16H2,1H3,(H,24,28). The second kappa shape index (κ2) is 9.45. The van der Waals surface area contributed by atoms with Gasteiger partial charge in [0.25, 0.3) is 5.91 Å². The molecule has 1 amide bonds. The Labute approximate surface area is 174 Å². The number of hydrogen-bond donors (Lipinski definition) is 2. The van der Waals surface area contributed by atoms with Crippen molar-refractivity contribution in [3.63, 3.8) is 0 Å². The number of aliphatic hydroxyl groups excluding tert-OH is 1. The molecule has 1 aliphatic carbocycles. The third-order valence-electron chi connectivity index (χ3n) is 6.66. The predicted molar refractivity (Wildman–Crippen MR) is 113 cm³/mol. The average Bonchev–Trinajstić information content (AvgIpc) is 3.57. The lowest BCUT2D eigenvalue weighted by Gasteiger charge is -2.38. The highest BCUT2D eigenvalue weighted by Crippen LogP contribution is 2.29. The number of nitrogens with zero attached hydrogens (tertiary/aromatic N) is 2. The third-order valence-corrected chi connectivity index (χ3v) is 6.66. The van der Waals surface area contributed by atoms with E-state index in [-0.39, 0.29) is 11.9 Å². The van der Waals surface area contributed by atoms with Gasteiger partial charge in [0.15, 0.2) is 0 Å². The van der Waals surface area contributed by atoms with Gasteiger partial charge < -0.3 is 20.1 Å². The first-order valence-electron chi connectivity index (χ1n) is 11.2. The molecule has 2 heterocycles. The van der Waals surface area contributed by atoms with Crippen LogP contribution in [0.1, 0.15) is 48.9 Å². The van der Waals surface area contributed by atoms with Gasteiger partial charge in [-0.25, -0.2) is 0 Å². The Hall–Kier alpha value is -1.63. The van der Waals surface area contributed by atoms with E-state index in [9.17, 15) is 9.90 Å². The number of amides is 1. The number of aliphatic hydroxyl groups is 1. The summed E-state index contributed by atoms with van der Waals surface area (Å²) < 4.78 is 5.76. The van der Waals surface area contributed by atoms with Crippen molar-refractivity contribution in [3.8, 4) is 5.75 Å². The zero-order valence-corrected chi connectivity index (χ0v) is 17.6. The van der Waals surface area contributed by atoms with Crippen LogP contribution in [-0.2, 0) is 0 Å². The minimum atomic E-state index is -0.489. The summed E-state index contributed by atoms with van der Waals surface area (Å²) in [7, 11) is 2.17. The smallest absolute Gasteiger partial charge is 0.251 e. The van der Waals surface area contributed by atoms with Crippen LogP contribution in [0.15, 0.2) is 24.3 Å². The van der Waals surface area contributed by atoms with Gasteiger partial charge in [-0.2, -0.15) is 0 Å². The Balaban J connectivity index is 1.33. The van der Waals surface area contributed by atoms with Gasteiger partial charge in [-0.1, -0.05) is 0 Å². The second-order valence-electron chi connectivity index (χ2n) is 9.10. The lowest BCUT2D eigenvalue weighted by molar-refractivity contribution is 0.0723. The highest BCUT2D eigenvalue weighted by molar-refractivity contribution is 5.94. The van der Waals surface area contributed by atoms with Crippen molar-refractivity contribution < 1.29 is 14.6 Å². The lowest BCUT2D eigenvalue weighted by Crippen LogP contribution is -2.52. The SMILES string of the molecule is CN1CCC(N2CCCC(O)C(NC(=O)c3ccc(OCC4CC4)cc3)C2)CC1. The molecule has 1 saturated carbocycles. The zero-order valence-electron chi connectivity index (χ0n) is 17.6. The summed E-state index contributed by atoms with van der Waals surface area (Å²) in [6.07, 6.45) is 6.08. The van der Waals surface area contributed by atoms with Crippen LogP contribution in [0.2, 0.25) is 0 Å². The number of benzene rings is 1. The van der Waals surface area contributed by atoms with E-state index in [2.05, 4.69) is 22.2 Å². The Bertz CT molecular complexity index is 668. The van der Waals surface area contributed by atoms with Crippen LogP contribution < -0.4 is 10.1 Å². The average molecular weight is 402 g/mol. The summed E-state index contributed by atoms with van der Waals surface area (Å²) in [5.74, 6) is 1.41. The van der Waals surface area contributed by atoms with Gasteiger partial charge in [-0.3, -0.25) is 9.69 Å². The summed E-state index contributed by atoms with van der Waals surface area (Å²) >= 11 is 0. The maximum absolute atomic E-state index is 12.8. The van der Waals surface area contributed by atoms with Crippen LogP contribution in [-0.4, -0.2) is 78.8 Å². The highest BCUT2D eigenvalue weighted by Gasteiger charge is 2.31. The van der Waals surface area contributed by atoms with Gasteiger partial charge in [-0.15, -0.1) is 0 Å². The molecule has 2 unspecified atom stereocenters. The number of ether oxygens (including phenoxy) is 1. The lowest BCUT2D eigenvalue weighted by atomic mass is 10.0. The number of nitrogens with one attached hydrogen (secondary N) is 1. The Morgan fingerprint density at radius 1 is 1.10 bits per heavy atom. The van der Waals surface area contributed by atoms with Crippen LogP contribution in [0.4, 0.5) is 0 Å². The minimum absolute atomic E-state index is 0.118. The molecule has 0 spiro atoms. The Morgan fingerprint density at radius 2 is 1.83 bits per heavy atom. The molecular formula is C23H35N3O3. The number of carbonyl (C=O) groups excluding carboxylic acids is 1.